The summed E-state index contributed by atoms with van der Waals surface area (Å²) in [5.41, 5.74) is 0.632. The largest absolute Gasteiger partial charge is 0.323 e. The van der Waals surface area contributed by atoms with Gasteiger partial charge in [0, 0.05) is 5.69 Å². The van der Waals surface area contributed by atoms with Crippen molar-refractivity contribution < 1.29 is 4.57 Å². The lowest BCUT2D eigenvalue weighted by molar-refractivity contribution is 0.589. The van der Waals surface area contributed by atoms with Crippen molar-refractivity contribution in [3.63, 3.8) is 0 Å². The molecular weight excluding hydrogens is 251 g/mol. The fourth-order valence-electron chi connectivity index (χ4n) is 0.738. The predicted octanol–water partition coefficient (Wildman–Crippen LogP) is 4.29. The minimum Gasteiger partial charge on any atom is -0.323 e. The van der Waals surface area contributed by atoms with Crippen LogP contribution < -0.4 is 5.09 Å². The van der Waals surface area contributed by atoms with Crippen LogP contribution in [0.2, 0.25) is 0 Å². The van der Waals surface area contributed by atoms with Crippen LogP contribution in [0.15, 0.2) is 30.3 Å². The summed E-state index contributed by atoms with van der Waals surface area (Å²) in [7, 11) is 0. The number of para-hydroxylation sites is 1. The highest BCUT2D eigenvalue weighted by atomic mass is 35.7. The molecule has 1 N–H and O–H groups in total. The molecule has 0 radical (unpaired) electrons. The quantitative estimate of drug-likeness (QED) is 0.647. The van der Waals surface area contributed by atoms with Gasteiger partial charge in [0.1, 0.15) is 0 Å². The Bertz CT molecular complexity index is 317. The molecular formula is C7H7Cl3NOP. The fraction of sp³-hybridized carbons (Fsp3) is 0.143. The van der Waals surface area contributed by atoms with E-state index in [1.165, 1.54) is 0 Å². The summed E-state index contributed by atoms with van der Waals surface area (Å²) in [4.78, 5) is 0. The second kappa shape index (κ2) is 4.56. The van der Waals surface area contributed by atoms with Gasteiger partial charge in [-0.1, -0.05) is 41.4 Å². The Kier molecular flexibility index (Phi) is 3.93. The van der Waals surface area contributed by atoms with Gasteiger partial charge in [0.2, 0.25) is 0 Å². The molecule has 0 spiro atoms. The Morgan fingerprint density at radius 2 is 1.77 bits per heavy atom. The van der Waals surface area contributed by atoms with E-state index in [-0.39, 0.29) is 0 Å². The number of halogens is 3. The second-order valence-corrected chi connectivity index (χ2v) is 7.44. The average molecular weight is 258 g/mol. The Labute approximate surface area is 91.4 Å². The van der Waals surface area contributed by atoms with Crippen LogP contribution in [0, 0.1) is 0 Å². The van der Waals surface area contributed by atoms with E-state index in [4.69, 9.17) is 34.4 Å². The zero-order chi connectivity index (χ0) is 9.90. The Balaban J connectivity index is 2.76. The predicted molar refractivity (Wildman–Crippen MR) is 59.0 cm³/mol. The van der Waals surface area contributed by atoms with Gasteiger partial charge in [-0.25, -0.2) is 0 Å². The highest BCUT2D eigenvalue weighted by Gasteiger charge is 2.26. The standard InChI is InChI=1S/C7H7Cl3NOP/c8-7(9)13(10,12)11-6-4-2-1-3-5-6/h1-5,7H,(H,11,12)/t13-/m0/s1. The van der Waals surface area contributed by atoms with Crippen LogP contribution in [0.3, 0.4) is 0 Å². The van der Waals surface area contributed by atoms with E-state index in [0.717, 1.165) is 0 Å². The lowest BCUT2D eigenvalue weighted by Crippen LogP contribution is -1.97. The molecule has 1 rings (SSSR count). The molecule has 0 unspecified atom stereocenters. The second-order valence-electron chi connectivity index (χ2n) is 2.33. The first kappa shape index (κ1) is 11.2. The Morgan fingerprint density at radius 3 is 2.23 bits per heavy atom. The molecule has 0 bridgehead atoms. The molecule has 6 heteroatoms. The summed E-state index contributed by atoms with van der Waals surface area (Å²) in [6, 6.07) is 8.87. The summed E-state index contributed by atoms with van der Waals surface area (Å²) in [5.74, 6) is 0. The first-order valence-corrected chi connectivity index (χ1v) is 6.98. The van der Waals surface area contributed by atoms with E-state index in [2.05, 4.69) is 5.09 Å². The number of alkyl halides is 2. The minimum absolute atomic E-state index is 0.632. The Morgan fingerprint density at radius 1 is 1.23 bits per heavy atom. The van der Waals surface area contributed by atoms with Crippen molar-refractivity contribution in [3.05, 3.63) is 30.3 Å². The van der Waals surface area contributed by atoms with Crippen LogP contribution in [-0.4, -0.2) is 4.58 Å². The molecule has 0 aliphatic carbocycles. The molecule has 0 fully saturated rings. The zero-order valence-electron chi connectivity index (χ0n) is 6.45. The van der Waals surface area contributed by atoms with Gasteiger partial charge in [-0.05, 0) is 23.4 Å². The van der Waals surface area contributed by atoms with E-state index in [1.54, 1.807) is 24.3 Å². The number of benzene rings is 1. The normalized spacial score (nSPS) is 15.4. The van der Waals surface area contributed by atoms with E-state index in [1.807, 2.05) is 6.07 Å². The molecule has 13 heavy (non-hydrogen) atoms. The van der Waals surface area contributed by atoms with Gasteiger partial charge in [0.25, 0.3) is 6.65 Å². The molecule has 0 saturated heterocycles. The fourth-order valence-corrected chi connectivity index (χ4v) is 1.92. The highest BCUT2D eigenvalue weighted by Crippen LogP contribution is 2.58. The number of hydrogen-bond acceptors (Lipinski definition) is 1. The van der Waals surface area contributed by atoms with Gasteiger partial charge >= 0.3 is 0 Å². The molecule has 1 atom stereocenters. The van der Waals surface area contributed by atoms with Gasteiger partial charge in [-0.3, -0.25) is 4.57 Å². The molecule has 0 aromatic heterocycles. The molecule has 0 heterocycles. The van der Waals surface area contributed by atoms with Crippen molar-refractivity contribution >= 4 is 46.8 Å². The smallest absolute Gasteiger partial charge is 0.287 e. The first-order chi connectivity index (χ1) is 6.02. The highest BCUT2D eigenvalue weighted by molar-refractivity contribution is 7.93. The molecule has 0 aliphatic heterocycles. The lowest BCUT2D eigenvalue weighted by Gasteiger charge is -2.13. The van der Waals surface area contributed by atoms with Gasteiger partial charge < -0.3 is 5.09 Å². The van der Waals surface area contributed by atoms with Crippen molar-refractivity contribution in [1.82, 2.24) is 0 Å². The minimum atomic E-state index is -3.23. The number of rotatable bonds is 3. The molecule has 0 aliphatic rings. The van der Waals surface area contributed by atoms with Gasteiger partial charge in [-0.15, -0.1) is 0 Å². The lowest BCUT2D eigenvalue weighted by atomic mass is 10.3. The summed E-state index contributed by atoms with van der Waals surface area (Å²) in [6.45, 7) is -3.23. The average Bonchev–Trinajstić information content (AvgIpc) is 2.05. The van der Waals surface area contributed by atoms with Crippen molar-refractivity contribution in [2.45, 2.75) is 4.58 Å². The Hall–Kier alpha value is 0.120. The van der Waals surface area contributed by atoms with Crippen LogP contribution in [-0.2, 0) is 4.57 Å². The van der Waals surface area contributed by atoms with Crippen LogP contribution in [0.25, 0.3) is 0 Å². The maximum Gasteiger partial charge on any atom is 0.287 e. The topological polar surface area (TPSA) is 29.1 Å². The summed E-state index contributed by atoms with van der Waals surface area (Å²) in [5, 5.41) is 2.57. The summed E-state index contributed by atoms with van der Waals surface area (Å²) < 4.78 is 10.4. The van der Waals surface area contributed by atoms with Crippen molar-refractivity contribution in [3.8, 4) is 0 Å². The van der Waals surface area contributed by atoms with Gasteiger partial charge in [0.05, 0.1) is 0 Å². The number of hydrogen-bond donors (Lipinski definition) is 1. The first-order valence-electron chi connectivity index (χ1n) is 3.43. The van der Waals surface area contributed by atoms with Crippen LogP contribution >= 0.6 is 41.1 Å². The van der Waals surface area contributed by atoms with Gasteiger partial charge in [-0.2, -0.15) is 0 Å². The molecule has 1 aromatic carbocycles. The molecule has 0 saturated carbocycles. The molecule has 0 amide bonds. The van der Waals surface area contributed by atoms with E-state index in [9.17, 15) is 4.57 Å². The van der Waals surface area contributed by atoms with Crippen molar-refractivity contribution in [1.29, 1.82) is 0 Å². The maximum atomic E-state index is 11.5. The molecule has 72 valence electrons. The summed E-state index contributed by atoms with van der Waals surface area (Å²) >= 11 is 16.4. The third-order valence-electron chi connectivity index (χ3n) is 1.31. The molecule has 1 aromatic rings. The monoisotopic (exact) mass is 257 g/mol. The van der Waals surface area contributed by atoms with E-state index in [0.29, 0.717) is 5.69 Å². The third-order valence-corrected chi connectivity index (χ3v) is 5.46. The van der Waals surface area contributed by atoms with Crippen LogP contribution in [0.5, 0.6) is 0 Å². The number of nitrogens with one attached hydrogen (secondary N) is 1. The van der Waals surface area contributed by atoms with E-state index >= 15 is 0 Å². The zero-order valence-corrected chi connectivity index (χ0v) is 9.62. The maximum absolute atomic E-state index is 11.5. The van der Waals surface area contributed by atoms with E-state index < -0.39 is 11.2 Å². The van der Waals surface area contributed by atoms with Crippen LogP contribution in [0.1, 0.15) is 0 Å². The van der Waals surface area contributed by atoms with Crippen molar-refractivity contribution in [2.24, 2.45) is 0 Å². The van der Waals surface area contributed by atoms with Crippen LogP contribution in [0.4, 0.5) is 5.69 Å². The number of anilines is 1. The van der Waals surface area contributed by atoms with Gasteiger partial charge in [0.15, 0.2) is 4.58 Å². The third kappa shape index (κ3) is 3.40. The summed E-state index contributed by atoms with van der Waals surface area (Å²) in [6.07, 6.45) is 0. The van der Waals surface area contributed by atoms with Crippen molar-refractivity contribution in [2.75, 3.05) is 5.09 Å². The SMILES string of the molecule is O=[P@@](Cl)(Nc1ccccc1)C(Cl)Cl. The molecule has 2 nitrogen and oxygen atoms in total.